The molecule has 0 bridgehead atoms. The van der Waals surface area contributed by atoms with E-state index in [1.807, 2.05) is 0 Å². The number of carbonyl (C=O) groups excluding carboxylic acids is 1. The van der Waals surface area contributed by atoms with Gasteiger partial charge < -0.3 is 15.3 Å². The quantitative estimate of drug-likeness (QED) is 0.760. The molecule has 18 heavy (non-hydrogen) atoms. The van der Waals surface area contributed by atoms with Crippen molar-refractivity contribution in [3.05, 3.63) is 29.6 Å². The van der Waals surface area contributed by atoms with Crippen LogP contribution < -0.4 is 0 Å². The van der Waals surface area contributed by atoms with E-state index in [-0.39, 0.29) is 17.1 Å². The Labute approximate surface area is 108 Å². The van der Waals surface area contributed by atoms with Crippen molar-refractivity contribution >= 4 is 16.9 Å². The normalized spacial score (nSPS) is 14.2. The largest absolute Gasteiger partial charge is 0.505 e. The summed E-state index contributed by atoms with van der Waals surface area (Å²) in [5.74, 6) is -1.17. The first-order valence-corrected chi connectivity index (χ1v) is 6.39. The van der Waals surface area contributed by atoms with E-state index in [4.69, 9.17) is 5.11 Å². The van der Waals surface area contributed by atoms with Crippen molar-refractivity contribution in [1.29, 1.82) is 0 Å². The van der Waals surface area contributed by atoms with Gasteiger partial charge in [-0.05, 0) is 12.5 Å². The van der Waals surface area contributed by atoms with Gasteiger partial charge in [0, 0.05) is 18.2 Å². The third kappa shape index (κ3) is 3.97. The fourth-order valence-electron chi connectivity index (χ4n) is 1.45. The maximum Gasteiger partial charge on any atom is 0.185 e. The van der Waals surface area contributed by atoms with Crippen LogP contribution in [0.3, 0.4) is 0 Å². The van der Waals surface area contributed by atoms with Gasteiger partial charge in [0.15, 0.2) is 16.7 Å². The molecule has 4 nitrogen and oxygen atoms in total. The molecule has 1 aromatic carbocycles. The zero-order valence-electron chi connectivity index (χ0n) is 9.84. The smallest absolute Gasteiger partial charge is 0.185 e. The first kappa shape index (κ1) is 14.9. The van der Waals surface area contributed by atoms with Crippen LogP contribution >= 0.6 is 11.8 Å². The van der Waals surface area contributed by atoms with Crippen LogP contribution in [0.25, 0.3) is 0 Å². The summed E-state index contributed by atoms with van der Waals surface area (Å²) in [6, 6.07) is 3.83. The second kappa shape index (κ2) is 6.72. The van der Waals surface area contributed by atoms with Gasteiger partial charge >= 0.3 is 0 Å². The number of phenolic OH excluding ortho intramolecular Hbond substituents is 1. The Hall–Kier alpha value is -1.11. The molecule has 1 rings (SSSR count). The molecule has 3 N–H and O–H groups in total. The number of rotatable bonds is 5. The summed E-state index contributed by atoms with van der Waals surface area (Å²) in [5.41, 5.74) is -0.157. The molecule has 0 heterocycles. The summed E-state index contributed by atoms with van der Waals surface area (Å²) in [6.07, 6.45) is -2.46. The zero-order valence-corrected chi connectivity index (χ0v) is 10.7. The van der Waals surface area contributed by atoms with Gasteiger partial charge in [-0.15, -0.1) is 0 Å². The predicted octanol–water partition coefficient (Wildman–Crippen LogP) is 1.60. The number of aromatic hydroxyl groups is 1. The number of phenols is 1. The molecule has 1 aromatic rings. The number of aliphatic hydroxyl groups excluding tert-OH is 2. The second-order valence-corrected chi connectivity index (χ2v) is 5.09. The molecule has 100 valence electrons. The van der Waals surface area contributed by atoms with Crippen LogP contribution in [-0.2, 0) is 4.79 Å². The SMILES string of the molecule is CC(=O)SCCC(O)C(O)c1cccc(O)c1F. The average molecular weight is 274 g/mol. The fourth-order valence-corrected chi connectivity index (χ4v) is 2.10. The molecule has 0 saturated carbocycles. The highest BCUT2D eigenvalue weighted by atomic mass is 32.2. The molecule has 6 heteroatoms. The third-order valence-corrected chi connectivity index (χ3v) is 3.26. The van der Waals surface area contributed by atoms with E-state index in [1.165, 1.54) is 19.1 Å². The molecule has 0 aliphatic rings. The maximum absolute atomic E-state index is 13.5. The number of aliphatic hydroxyl groups is 2. The van der Waals surface area contributed by atoms with Crippen molar-refractivity contribution in [2.24, 2.45) is 0 Å². The van der Waals surface area contributed by atoms with Crippen LogP contribution in [0, 0.1) is 5.82 Å². The topological polar surface area (TPSA) is 77.8 Å². The van der Waals surface area contributed by atoms with Crippen molar-refractivity contribution in [3.8, 4) is 5.75 Å². The molecule has 0 saturated heterocycles. The highest BCUT2D eigenvalue weighted by Crippen LogP contribution is 2.27. The van der Waals surface area contributed by atoms with Gasteiger partial charge in [0.2, 0.25) is 0 Å². The fraction of sp³-hybridized carbons (Fsp3) is 0.417. The number of hydrogen-bond donors (Lipinski definition) is 3. The van der Waals surface area contributed by atoms with Crippen molar-refractivity contribution in [1.82, 2.24) is 0 Å². The Balaban J connectivity index is 2.65. The Kier molecular flexibility index (Phi) is 5.58. The molecule has 0 spiro atoms. The lowest BCUT2D eigenvalue weighted by Gasteiger charge is -2.18. The van der Waals surface area contributed by atoms with Gasteiger partial charge in [0.25, 0.3) is 0 Å². The molecule has 0 aliphatic heterocycles. The molecular weight excluding hydrogens is 259 g/mol. The molecular formula is C12H15FO4S. The summed E-state index contributed by atoms with van der Waals surface area (Å²) in [5, 5.41) is 28.5. The summed E-state index contributed by atoms with van der Waals surface area (Å²) >= 11 is 1.03. The lowest BCUT2D eigenvalue weighted by Crippen LogP contribution is -2.20. The van der Waals surface area contributed by atoms with Crippen molar-refractivity contribution < 1.29 is 24.5 Å². The molecule has 0 fully saturated rings. The summed E-state index contributed by atoms with van der Waals surface area (Å²) < 4.78 is 13.5. The van der Waals surface area contributed by atoms with E-state index >= 15 is 0 Å². The Morgan fingerprint density at radius 1 is 1.44 bits per heavy atom. The second-order valence-electron chi connectivity index (χ2n) is 3.82. The van der Waals surface area contributed by atoms with Gasteiger partial charge in [-0.3, -0.25) is 4.79 Å². The number of hydrogen-bond acceptors (Lipinski definition) is 5. The van der Waals surface area contributed by atoms with Crippen LogP contribution in [0.15, 0.2) is 18.2 Å². The van der Waals surface area contributed by atoms with Crippen molar-refractivity contribution in [3.63, 3.8) is 0 Å². The summed E-state index contributed by atoms with van der Waals surface area (Å²) in [6.45, 7) is 1.41. The minimum Gasteiger partial charge on any atom is -0.505 e. The van der Waals surface area contributed by atoms with E-state index in [0.29, 0.717) is 5.75 Å². The molecule has 0 aromatic heterocycles. The number of halogens is 1. The number of thioether (sulfide) groups is 1. The van der Waals surface area contributed by atoms with Crippen LogP contribution in [0.5, 0.6) is 5.75 Å². The maximum atomic E-state index is 13.5. The van der Waals surface area contributed by atoms with Gasteiger partial charge in [-0.1, -0.05) is 23.9 Å². The molecule has 0 radical (unpaired) electrons. The van der Waals surface area contributed by atoms with Crippen LogP contribution in [0.4, 0.5) is 4.39 Å². The van der Waals surface area contributed by atoms with Crippen molar-refractivity contribution in [2.45, 2.75) is 25.6 Å². The standard InChI is InChI=1S/C12H15FO4S/c1-7(14)18-6-5-10(16)12(17)8-3-2-4-9(15)11(8)13/h2-4,10,12,15-17H,5-6H2,1H3. The van der Waals surface area contributed by atoms with Gasteiger partial charge in [-0.2, -0.15) is 0 Å². The predicted molar refractivity (Wildman–Crippen MR) is 66.8 cm³/mol. The van der Waals surface area contributed by atoms with E-state index in [9.17, 15) is 19.4 Å². The molecule has 0 amide bonds. The van der Waals surface area contributed by atoms with Gasteiger partial charge in [-0.25, -0.2) is 4.39 Å². The Morgan fingerprint density at radius 2 is 2.11 bits per heavy atom. The average Bonchev–Trinajstić information content (AvgIpc) is 2.31. The summed E-state index contributed by atoms with van der Waals surface area (Å²) in [4.78, 5) is 10.7. The lowest BCUT2D eigenvalue weighted by molar-refractivity contribution is -0.109. The van der Waals surface area contributed by atoms with Crippen LogP contribution in [0.2, 0.25) is 0 Å². The van der Waals surface area contributed by atoms with E-state index in [1.54, 1.807) is 0 Å². The van der Waals surface area contributed by atoms with Gasteiger partial charge in [0.05, 0.1) is 6.10 Å². The van der Waals surface area contributed by atoms with E-state index < -0.39 is 23.8 Å². The van der Waals surface area contributed by atoms with Gasteiger partial charge in [0.1, 0.15) is 6.10 Å². The van der Waals surface area contributed by atoms with Crippen LogP contribution in [-0.4, -0.2) is 32.3 Å². The highest BCUT2D eigenvalue weighted by molar-refractivity contribution is 8.13. The minimum absolute atomic E-state index is 0.0831. The molecule has 2 unspecified atom stereocenters. The van der Waals surface area contributed by atoms with E-state index in [2.05, 4.69) is 0 Å². The van der Waals surface area contributed by atoms with Crippen molar-refractivity contribution in [2.75, 3.05) is 5.75 Å². The Bertz CT molecular complexity index is 425. The number of carbonyl (C=O) groups is 1. The minimum atomic E-state index is -1.43. The molecule has 2 atom stereocenters. The summed E-state index contributed by atoms with van der Waals surface area (Å²) in [7, 11) is 0. The van der Waals surface area contributed by atoms with Crippen LogP contribution in [0.1, 0.15) is 25.0 Å². The highest BCUT2D eigenvalue weighted by Gasteiger charge is 2.22. The first-order chi connectivity index (χ1) is 8.43. The Morgan fingerprint density at radius 3 is 2.72 bits per heavy atom. The lowest BCUT2D eigenvalue weighted by atomic mass is 10.0. The number of benzene rings is 1. The molecule has 0 aliphatic carbocycles. The van der Waals surface area contributed by atoms with E-state index in [0.717, 1.165) is 17.8 Å². The first-order valence-electron chi connectivity index (χ1n) is 5.40. The monoisotopic (exact) mass is 274 g/mol. The third-order valence-electron chi connectivity index (χ3n) is 2.41. The zero-order chi connectivity index (χ0) is 13.7.